The van der Waals surface area contributed by atoms with Crippen LogP contribution in [0.15, 0.2) is 366 Å². The van der Waals surface area contributed by atoms with Gasteiger partial charge in [0, 0.05) is 99.6 Å². The molecule has 110 heavy (non-hydrogen) atoms. The molecule has 0 aliphatic heterocycles. The van der Waals surface area contributed by atoms with Crippen LogP contribution in [0.5, 0.6) is 0 Å². The highest BCUT2D eigenvalue weighted by Crippen LogP contribution is 2.53. The first-order valence-electron chi connectivity index (χ1n) is 36.8. The molecule has 0 spiro atoms. The van der Waals surface area contributed by atoms with Gasteiger partial charge in [0.15, 0.2) is 27.9 Å². The van der Waals surface area contributed by atoms with E-state index in [9.17, 15) is 0 Å². The van der Waals surface area contributed by atoms with Crippen molar-refractivity contribution in [2.24, 2.45) is 0 Å². The van der Waals surface area contributed by atoms with Gasteiger partial charge >= 0.3 is 0 Å². The maximum absolute atomic E-state index is 7.20. The first-order chi connectivity index (χ1) is 54.5. The van der Waals surface area contributed by atoms with E-state index in [1.54, 1.807) is 0 Å². The van der Waals surface area contributed by atoms with Gasteiger partial charge in [-0.05, 0) is 163 Å². The number of anilines is 6. The second-order valence-electron chi connectivity index (χ2n) is 28.3. The molecule has 24 rings (SSSR count). The van der Waals surface area contributed by atoms with Gasteiger partial charge in [-0.15, -0.1) is 0 Å². The predicted octanol–water partition coefficient (Wildman–Crippen LogP) is 27.7. The van der Waals surface area contributed by atoms with Crippen molar-refractivity contribution in [1.82, 2.24) is 19.1 Å². The molecular weight excluding hydrogens is 1360 g/mol. The minimum atomic E-state index is 0.509. The summed E-state index contributed by atoms with van der Waals surface area (Å²) in [5.74, 6) is 1.06. The molecule has 0 bridgehead atoms. The molecule has 24 aromatic rings. The fourth-order valence-electron chi connectivity index (χ4n) is 17.3. The quantitative estimate of drug-likeness (QED) is 0.124. The molecule has 0 amide bonds. The van der Waals surface area contributed by atoms with Crippen LogP contribution in [0.25, 0.3) is 199 Å². The lowest BCUT2D eigenvalue weighted by Gasteiger charge is -2.27. The van der Waals surface area contributed by atoms with Crippen LogP contribution in [0.2, 0.25) is 0 Å². The van der Waals surface area contributed by atoms with Crippen molar-refractivity contribution >= 4 is 188 Å². The van der Waals surface area contributed by atoms with Gasteiger partial charge in [0.2, 0.25) is 11.8 Å². The van der Waals surface area contributed by atoms with Crippen LogP contribution in [0, 0.1) is 0 Å². The number of para-hydroxylation sites is 8. The molecule has 0 unspecified atom stereocenters. The molecule has 0 fully saturated rings. The van der Waals surface area contributed by atoms with Crippen LogP contribution in [0.1, 0.15) is 0 Å². The summed E-state index contributed by atoms with van der Waals surface area (Å²) in [4.78, 5) is 14.8. The molecule has 8 aromatic heterocycles. The van der Waals surface area contributed by atoms with Crippen LogP contribution in [0.4, 0.5) is 34.1 Å². The van der Waals surface area contributed by atoms with E-state index < -0.39 is 0 Å². The minimum Gasteiger partial charge on any atom is -0.456 e. The number of hydrogen-bond donors (Lipinski definition) is 0. The first kappa shape index (κ1) is 60.2. The third-order valence-corrected chi connectivity index (χ3v) is 22.1. The molecule has 8 heterocycles. The Morgan fingerprint density at radius 2 is 0.682 bits per heavy atom. The highest BCUT2D eigenvalue weighted by molar-refractivity contribution is 6.23. The standard InChI is InChI=1S/C98H56N6O6/c1-4-21-58(22-5-1)97-99-74-53-73-89(56-91(74)110-97)105-87-42-20-37-81(93(73)87)104(80-36-19-35-79-92(80)69-29-11-14-34-77(69)102(79)62-25-8-3-9-26-62)84-40-18-31-67-71-51-60(47-50-86(71)107-96(67)84)57-43-45-59(46-44-57)98-100-75-55-88-72(54-90(75)109-98)68-32-17-39-83(95(68)108-88)103(82-38-16-30-66-65-28-12-15-41-85(65)106-94(66)82)63-48-49-78-70(52-63)64-27-10-13-33-76(64)101(78)61-23-6-2-7-24-61/h1-56H. The molecule has 0 N–H and O–H groups in total. The van der Waals surface area contributed by atoms with Crippen LogP contribution < -0.4 is 9.80 Å². The lowest BCUT2D eigenvalue weighted by atomic mass is 10.0. The van der Waals surface area contributed by atoms with Crippen molar-refractivity contribution in [1.29, 1.82) is 0 Å². The molecule has 0 aliphatic carbocycles. The van der Waals surface area contributed by atoms with E-state index in [-0.39, 0.29) is 0 Å². The Labute approximate surface area is 624 Å². The Balaban J connectivity index is 0.604. The van der Waals surface area contributed by atoms with Gasteiger partial charge in [-0.2, -0.15) is 0 Å². The van der Waals surface area contributed by atoms with E-state index in [1.807, 2.05) is 60.7 Å². The van der Waals surface area contributed by atoms with E-state index in [0.717, 1.165) is 193 Å². The van der Waals surface area contributed by atoms with Crippen LogP contribution in [0.3, 0.4) is 0 Å². The molecule has 16 aromatic carbocycles. The van der Waals surface area contributed by atoms with E-state index in [2.05, 4.69) is 298 Å². The Bertz CT molecular complexity index is 7930. The smallest absolute Gasteiger partial charge is 0.227 e. The summed E-state index contributed by atoms with van der Waals surface area (Å²) in [7, 11) is 0. The summed E-state index contributed by atoms with van der Waals surface area (Å²) in [6, 6.07) is 119. The average molecular weight is 1410 g/mol. The molecular formula is C98H56N6O6. The highest BCUT2D eigenvalue weighted by Gasteiger charge is 2.30. The van der Waals surface area contributed by atoms with E-state index in [0.29, 0.717) is 39.6 Å². The maximum Gasteiger partial charge on any atom is 0.227 e. The van der Waals surface area contributed by atoms with Crippen molar-refractivity contribution in [3.8, 4) is 45.4 Å². The van der Waals surface area contributed by atoms with Crippen molar-refractivity contribution in [2.45, 2.75) is 0 Å². The Morgan fingerprint density at radius 1 is 0.218 bits per heavy atom. The maximum atomic E-state index is 7.20. The zero-order valence-electron chi connectivity index (χ0n) is 58.5. The van der Waals surface area contributed by atoms with Crippen LogP contribution in [-0.4, -0.2) is 19.1 Å². The second kappa shape index (κ2) is 23.2. The monoisotopic (exact) mass is 1410 g/mol. The first-order valence-corrected chi connectivity index (χ1v) is 36.8. The fraction of sp³-hybridized carbons (Fsp3) is 0. The van der Waals surface area contributed by atoms with Gasteiger partial charge in [-0.1, -0.05) is 176 Å². The number of hydrogen-bond acceptors (Lipinski definition) is 10. The number of oxazole rings is 2. The number of furan rings is 4. The summed E-state index contributed by atoms with van der Waals surface area (Å²) >= 11 is 0. The lowest BCUT2D eigenvalue weighted by Crippen LogP contribution is -2.11. The molecule has 0 radical (unpaired) electrons. The van der Waals surface area contributed by atoms with Gasteiger partial charge in [0.1, 0.15) is 38.9 Å². The molecule has 12 nitrogen and oxygen atoms in total. The fourth-order valence-corrected chi connectivity index (χ4v) is 17.3. The normalized spacial score (nSPS) is 12.2. The molecule has 0 aliphatic rings. The zero-order chi connectivity index (χ0) is 71.8. The van der Waals surface area contributed by atoms with Crippen molar-refractivity contribution in [3.63, 3.8) is 0 Å². The third kappa shape index (κ3) is 8.95. The summed E-state index contributed by atoms with van der Waals surface area (Å²) < 4.78 is 45.8. The van der Waals surface area contributed by atoms with Gasteiger partial charge in [0.25, 0.3) is 0 Å². The number of rotatable bonds is 11. The number of aromatic nitrogens is 4. The van der Waals surface area contributed by atoms with Crippen LogP contribution >= 0.6 is 0 Å². The highest BCUT2D eigenvalue weighted by atomic mass is 16.4. The average Bonchev–Trinajstić information content (AvgIpc) is 1.55. The predicted molar refractivity (Wildman–Crippen MR) is 445 cm³/mol. The number of benzene rings is 16. The minimum absolute atomic E-state index is 0.509. The summed E-state index contributed by atoms with van der Waals surface area (Å²) in [6.45, 7) is 0. The Kier molecular flexibility index (Phi) is 12.7. The Morgan fingerprint density at radius 3 is 1.39 bits per heavy atom. The van der Waals surface area contributed by atoms with E-state index in [1.165, 1.54) is 0 Å². The summed E-state index contributed by atoms with van der Waals surface area (Å²) in [5, 5.41) is 12.2. The van der Waals surface area contributed by atoms with Crippen molar-refractivity contribution < 1.29 is 26.5 Å². The van der Waals surface area contributed by atoms with E-state index in [4.69, 9.17) is 36.5 Å². The topological polar surface area (TPSA) is 121 Å². The van der Waals surface area contributed by atoms with Gasteiger partial charge in [-0.3, -0.25) is 0 Å². The lowest BCUT2D eigenvalue weighted by molar-refractivity contribution is 0.617. The van der Waals surface area contributed by atoms with Gasteiger partial charge in [0.05, 0.1) is 55.9 Å². The number of nitrogens with zero attached hydrogens (tertiary/aromatic N) is 6. The van der Waals surface area contributed by atoms with Gasteiger partial charge < -0.3 is 45.4 Å². The molecule has 0 atom stereocenters. The zero-order valence-corrected chi connectivity index (χ0v) is 58.5. The van der Waals surface area contributed by atoms with Crippen LogP contribution in [-0.2, 0) is 0 Å². The summed E-state index contributed by atoms with van der Waals surface area (Å²) in [5.41, 5.74) is 24.5. The van der Waals surface area contributed by atoms with E-state index >= 15 is 0 Å². The molecule has 514 valence electrons. The second-order valence-corrected chi connectivity index (χ2v) is 28.3. The third-order valence-electron chi connectivity index (χ3n) is 22.1. The molecule has 0 saturated carbocycles. The van der Waals surface area contributed by atoms with Crippen molar-refractivity contribution in [2.75, 3.05) is 9.80 Å². The van der Waals surface area contributed by atoms with Gasteiger partial charge in [-0.25, -0.2) is 9.97 Å². The Hall–Kier alpha value is -15.1. The molecule has 0 saturated heterocycles. The van der Waals surface area contributed by atoms with Crippen molar-refractivity contribution in [3.05, 3.63) is 340 Å². The molecule has 12 heteroatoms. The SMILES string of the molecule is c1ccc(-c2nc3cc4c(cc3o2)oc2cccc(N(c3cccc5c3oc3ccc(-c6ccc(-c7nc8cc9oc%10c(N(c%11ccc%12c(c%11)c%11ccccc%11n%12-c%11ccccc%11)c%11cccc%12c%11oc%11ccccc%11%12)cccc%10c9cc8o7)cc6)cc35)c3cccc5c3c3ccccc3n5-c3ccccc3)c24)cc1. The summed E-state index contributed by atoms with van der Waals surface area (Å²) in [6.07, 6.45) is 0. The largest absolute Gasteiger partial charge is 0.456 e. The number of fused-ring (bicyclic) bond motifs is 20.